The van der Waals surface area contributed by atoms with Crippen LogP contribution >= 0.6 is 0 Å². The van der Waals surface area contributed by atoms with Gasteiger partial charge >= 0.3 is 0 Å². The van der Waals surface area contributed by atoms with E-state index >= 15 is 0 Å². The van der Waals surface area contributed by atoms with Crippen LogP contribution in [0.4, 0.5) is 5.69 Å². The molecule has 0 aliphatic rings. The SMILES string of the molecule is Cc1[c-]cc(NC(=O)C(C)(O)CCc2cccnc2)cc1.[Y]. The Morgan fingerprint density at radius 3 is 2.77 bits per heavy atom. The summed E-state index contributed by atoms with van der Waals surface area (Å²) in [4.78, 5) is 16.2. The van der Waals surface area contributed by atoms with Gasteiger partial charge in [-0.15, -0.1) is 6.07 Å². The van der Waals surface area contributed by atoms with Gasteiger partial charge < -0.3 is 10.4 Å². The number of aliphatic hydroxyl groups is 1. The number of pyridine rings is 1. The van der Waals surface area contributed by atoms with Crippen molar-refractivity contribution in [3.8, 4) is 0 Å². The van der Waals surface area contributed by atoms with E-state index < -0.39 is 11.5 Å². The summed E-state index contributed by atoms with van der Waals surface area (Å²) < 4.78 is 0. The second-order valence-corrected chi connectivity index (χ2v) is 5.35. The first kappa shape index (κ1) is 19.0. The molecule has 0 saturated heterocycles. The number of carbonyl (C=O) groups excluding carboxylic acids is 1. The number of aromatic nitrogens is 1. The van der Waals surface area contributed by atoms with Crippen molar-refractivity contribution < 1.29 is 42.6 Å². The molecule has 1 aromatic heterocycles. The zero-order valence-electron chi connectivity index (χ0n) is 12.8. The molecule has 1 amide bonds. The molecule has 4 nitrogen and oxygen atoms in total. The fourth-order valence-corrected chi connectivity index (χ4v) is 1.89. The average molecular weight is 372 g/mol. The Balaban J connectivity index is 0.00000242. The molecular formula is C17H19N2O2Y-. The number of anilines is 1. The van der Waals surface area contributed by atoms with Crippen LogP contribution in [0.5, 0.6) is 0 Å². The van der Waals surface area contributed by atoms with Crippen LogP contribution in [-0.4, -0.2) is 21.6 Å². The summed E-state index contributed by atoms with van der Waals surface area (Å²) in [6, 6.07) is 12.1. The summed E-state index contributed by atoms with van der Waals surface area (Å²) >= 11 is 0. The van der Waals surface area contributed by atoms with Crippen LogP contribution in [-0.2, 0) is 43.9 Å². The van der Waals surface area contributed by atoms with E-state index in [1.54, 1.807) is 24.5 Å². The van der Waals surface area contributed by atoms with Crippen LogP contribution in [0.2, 0.25) is 0 Å². The molecule has 1 radical (unpaired) electrons. The summed E-state index contributed by atoms with van der Waals surface area (Å²) in [6.07, 6.45) is 4.36. The third kappa shape index (κ3) is 5.60. The van der Waals surface area contributed by atoms with E-state index in [-0.39, 0.29) is 32.7 Å². The van der Waals surface area contributed by atoms with E-state index in [0.29, 0.717) is 18.5 Å². The molecular weight excluding hydrogens is 353 g/mol. The van der Waals surface area contributed by atoms with E-state index in [0.717, 1.165) is 11.1 Å². The quantitative estimate of drug-likeness (QED) is 0.793. The number of nitrogens with zero attached hydrogens (tertiary/aromatic N) is 1. The van der Waals surface area contributed by atoms with Gasteiger partial charge in [0.2, 0.25) is 5.91 Å². The van der Waals surface area contributed by atoms with Crippen molar-refractivity contribution in [1.29, 1.82) is 0 Å². The van der Waals surface area contributed by atoms with Gasteiger partial charge in [-0.1, -0.05) is 18.7 Å². The predicted molar refractivity (Wildman–Crippen MR) is 81.8 cm³/mol. The molecule has 1 unspecified atom stereocenters. The van der Waals surface area contributed by atoms with E-state index in [2.05, 4.69) is 16.4 Å². The normalized spacial score (nSPS) is 12.9. The van der Waals surface area contributed by atoms with E-state index in [1.807, 2.05) is 25.1 Å². The summed E-state index contributed by atoms with van der Waals surface area (Å²) in [6.45, 7) is 3.45. The first-order chi connectivity index (χ1) is 9.97. The molecule has 2 rings (SSSR count). The number of amides is 1. The number of aryl methyl sites for hydroxylation is 2. The van der Waals surface area contributed by atoms with Crippen LogP contribution in [0.3, 0.4) is 0 Å². The minimum absolute atomic E-state index is 0. The molecule has 0 bridgehead atoms. The fraction of sp³-hybridized carbons (Fsp3) is 0.294. The molecule has 1 aromatic carbocycles. The minimum Gasteiger partial charge on any atom is -0.380 e. The van der Waals surface area contributed by atoms with Gasteiger partial charge in [-0.05, 0) is 31.4 Å². The smallest absolute Gasteiger partial charge is 0.245 e. The maximum absolute atomic E-state index is 12.1. The van der Waals surface area contributed by atoms with Crippen molar-refractivity contribution in [2.24, 2.45) is 0 Å². The first-order valence-corrected chi connectivity index (χ1v) is 6.88. The second-order valence-electron chi connectivity index (χ2n) is 5.35. The number of hydrogen-bond donors (Lipinski definition) is 2. The average Bonchev–Trinajstić information content (AvgIpc) is 2.48. The zero-order valence-corrected chi connectivity index (χ0v) is 15.7. The number of nitrogens with one attached hydrogen (secondary N) is 1. The predicted octanol–water partition coefficient (Wildman–Crippen LogP) is 2.51. The molecule has 0 spiro atoms. The van der Waals surface area contributed by atoms with E-state index in [1.165, 1.54) is 6.92 Å². The largest absolute Gasteiger partial charge is 0.380 e. The number of carbonyl (C=O) groups is 1. The third-order valence-electron chi connectivity index (χ3n) is 3.34. The molecule has 5 heteroatoms. The van der Waals surface area contributed by atoms with Crippen LogP contribution in [0.1, 0.15) is 24.5 Å². The van der Waals surface area contributed by atoms with Gasteiger partial charge in [0, 0.05) is 45.1 Å². The summed E-state index contributed by atoms with van der Waals surface area (Å²) in [5, 5.41) is 13.0. The van der Waals surface area contributed by atoms with Crippen molar-refractivity contribution in [2.45, 2.75) is 32.3 Å². The van der Waals surface area contributed by atoms with Crippen molar-refractivity contribution in [1.82, 2.24) is 4.98 Å². The van der Waals surface area contributed by atoms with Gasteiger partial charge in [-0.2, -0.15) is 23.8 Å². The Hall–Kier alpha value is -1.10. The molecule has 0 fully saturated rings. The molecule has 2 N–H and O–H groups in total. The van der Waals surface area contributed by atoms with Crippen molar-refractivity contribution >= 4 is 11.6 Å². The Bertz CT molecular complexity index is 598. The molecule has 0 saturated carbocycles. The topological polar surface area (TPSA) is 62.2 Å². The molecule has 0 aliphatic carbocycles. The van der Waals surface area contributed by atoms with Gasteiger partial charge in [-0.3, -0.25) is 9.78 Å². The summed E-state index contributed by atoms with van der Waals surface area (Å²) in [5.74, 6) is -0.413. The molecule has 22 heavy (non-hydrogen) atoms. The number of benzene rings is 1. The van der Waals surface area contributed by atoms with Gasteiger partial charge in [0.05, 0.1) is 0 Å². The Morgan fingerprint density at radius 1 is 1.41 bits per heavy atom. The molecule has 1 heterocycles. The second kappa shape index (κ2) is 8.51. The van der Waals surface area contributed by atoms with E-state index in [9.17, 15) is 9.90 Å². The molecule has 113 valence electrons. The van der Waals surface area contributed by atoms with Crippen molar-refractivity contribution in [3.05, 3.63) is 59.9 Å². The number of rotatable bonds is 5. The van der Waals surface area contributed by atoms with Gasteiger partial charge in [-0.25, -0.2) is 0 Å². The van der Waals surface area contributed by atoms with Crippen LogP contribution in [0.25, 0.3) is 0 Å². The number of hydrogen-bond acceptors (Lipinski definition) is 3. The van der Waals surface area contributed by atoms with Crippen molar-refractivity contribution in [3.63, 3.8) is 0 Å². The Morgan fingerprint density at radius 2 is 2.18 bits per heavy atom. The fourth-order valence-electron chi connectivity index (χ4n) is 1.89. The minimum atomic E-state index is -1.43. The zero-order chi connectivity index (χ0) is 15.3. The summed E-state index contributed by atoms with van der Waals surface area (Å²) in [5.41, 5.74) is 1.19. The maximum Gasteiger partial charge on any atom is 0.245 e. The first-order valence-electron chi connectivity index (χ1n) is 6.88. The summed E-state index contributed by atoms with van der Waals surface area (Å²) in [7, 11) is 0. The monoisotopic (exact) mass is 372 g/mol. The Kier molecular flexibility index (Phi) is 7.33. The third-order valence-corrected chi connectivity index (χ3v) is 3.34. The van der Waals surface area contributed by atoms with Crippen LogP contribution < -0.4 is 5.32 Å². The van der Waals surface area contributed by atoms with E-state index in [4.69, 9.17) is 0 Å². The van der Waals surface area contributed by atoms with Crippen LogP contribution in [0.15, 0.2) is 42.7 Å². The van der Waals surface area contributed by atoms with Gasteiger partial charge in [0.1, 0.15) is 5.60 Å². The van der Waals surface area contributed by atoms with Gasteiger partial charge in [0.15, 0.2) is 0 Å². The van der Waals surface area contributed by atoms with Crippen molar-refractivity contribution in [2.75, 3.05) is 5.32 Å². The van der Waals surface area contributed by atoms with Gasteiger partial charge in [0.25, 0.3) is 0 Å². The Labute approximate surface area is 156 Å². The molecule has 2 aromatic rings. The maximum atomic E-state index is 12.1. The van der Waals surface area contributed by atoms with Crippen LogP contribution in [0, 0.1) is 13.0 Å². The molecule has 0 aliphatic heterocycles. The standard InChI is InChI=1S/C17H19N2O2.Y/c1-13-5-7-15(8-6-13)19-16(20)17(2,21)10-9-14-4-3-11-18-12-14;/h3-5,7-8,11-12,21H,9-10H2,1-2H3,(H,19,20);/q-1;. The molecule has 1 atom stereocenters.